The number of rotatable bonds is 2. The van der Waals surface area contributed by atoms with E-state index in [-0.39, 0.29) is 41.3 Å². The smallest absolute Gasteiger partial charge is 0.177 e. The zero-order chi connectivity index (χ0) is 25.9. The van der Waals surface area contributed by atoms with Crippen LogP contribution in [0.4, 0.5) is 0 Å². The summed E-state index contributed by atoms with van der Waals surface area (Å²) in [5.41, 5.74) is 3.55. The third-order valence-corrected chi connectivity index (χ3v) is 6.57. The number of phenolic OH excluding ortho intramolecular Hbond substituents is 4. The molecule has 4 aromatic rings. The minimum atomic E-state index is -0.377. The first kappa shape index (κ1) is 24.1. The van der Waals surface area contributed by atoms with Crippen LogP contribution in [0.3, 0.4) is 0 Å². The number of ether oxygens (including phenoxy) is 2. The molecule has 0 saturated heterocycles. The van der Waals surface area contributed by atoms with Crippen LogP contribution in [-0.2, 0) is 6.42 Å². The van der Waals surface area contributed by atoms with Gasteiger partial charge in [0.05, 0.1) is 18.1 Å². The van der Waals surface area contributed by atoms with Crippen LogP contribution >= 0.6 is 0 Å². The van der Waals surface area contributed by atoms with E-state index in [9.17, 15) is 25.2 Å². The lowest BCUT2D eigenvalue weighted by atomic mass is 9.89. The van der Waals surface area contributed by atoms with Crippen molar-refractivity contribution in [3.05, 3.63) is 107 Å². The van der Waals surface area contributed by atoms with Crippen molar-refractivity contribution in [3.8, 4) is 34.5 Å². The fourth-order valence-electron chi connectivity index (χ4n) is 4.55. The molecular formula is C30H26O7. The Morgan fingerprint density at radius 3 is 1.81 bits per heavy atom. The topological polar surface area (TPSA) is 116 Å². The van der Waals surface area contributed by atoms with E-state index in [2.05, 4.69) is 0 Å². The molecule has 2 aliphatic rings. The molecule has 7 heteroatoms. The van der Waals surface area contributed by atoms with Crippen LogP contribution in [0.5, 0.6) is 34.5 Å². The fourth-order valence-corrected chi connectivity index (χ4v) is 4.55. The molecule has 0 spiro atoms. The first-order chi connectivity index (χ1) is 17.9. The summed E-state index contributed by atoms with van der Waals surface area (Å²) in [5.74, 6) is 1.82. The van der Waals surface area contributed by atoms with Crippen LogP contribution < -0.4 is 9.47 Å². The van der Waals surface area contributed by atoms with Crippen LogP contribution in [0.2, 0.25) is 0 Å². The highest BCUT2D eigenvalue weighted by atomic mass is 16.5. The number of hydrogen-bond acceptors (Lipinski definition) is 7. The molecule has 6 rings (SSSR count). The van der Waals surface area contributed by atoms with Crippen LogP contribution in [0, 0.1) is 0 Å². The summed E-state index contributed by atoms with van der Waals surface area (Å²) in [4.78, 5) is 12.4. The second-order valence-corrected chi connectivity index (χ2v) is 9.10. The van der Waals surface area contributed by atoms with Gasteiger partial charge in [0, 0.05) is 18.1 Å². The molecule has 2 atom stereocenters. The largest absolute Gasteiger partial charge is 0.508 e. The third kappa shape index (κ3) is 5.30. The number of fused-ring (bicyclic) bond motifs is 2. The number of phenols is 4. The van der Waals surface area contributed by atoms with Gasteiger partial charge < -0.3 is 29.9 Å². The zero-order valence-electron chi connectivity index (χ0n) is 19.9. The molecule has 0 fully saturated rings. The summed E-state index contributed by atoms with van der Waals surface area (Å²) in [7, 11) is 0. The van der Waals surface area contributed by atoms with Gasteiger partial charge in [0.2, 0.25) is 0 Å². The van der Waals surface area contributed by atoms with Crippen molar-refractivity contribution in [1.29, 1.82) is 0 Å². The summed E-state index contributed by atoms with van der Waals surface area (Å²) in [6.07, 6.45) is 0.889. The fraction of sp³-hybridized carbons (Fsp3) is 0.167. The highest BCUT2D eigenvalue weighted by Gasteiger charge is 2.30. The molecule has 0 aliphatic carbocycles. The second kappa shape index (κ2) is 10.1. The molecule has 0 radical (unpaired) electrons. The van der Waals surface area contributed by atoms with E-state index >= 15 is 0 Å². The molecule has 1 unspecified atom stereocenters. The highest BCUT2D eigenvalue weighted by molar-refractivity contribution is 6.04. The molecule has 37 heavy (non-hydrogen) atoms. The normalized spacial score (nSPS) is 17.8. The highest BCUT2D eigenvalue weighted by Crippen LogP contribution is 2.36. The Kier molecular flexibility index (Phi) is 6.60. The maximum absolute atomic E-state index is 12.4. The van der Waals surface area contributed by atoms with Gasteiger partial charge in [-0.05, 0) is 65.6 Å². The molecule has 4 N–H and O–H groups in total. The van der Waals surface area contributed by atoms with E-state index in [1.807, 2.05) is 18.2 Å². The Bertz CT molecular complexity index is 1410. The van der Waals surface area contributed by atoms with Crippen molar-refractivity contribution >= 4 is 5.78 Å². The molecule has 188 valence electrons. The van der Waals surface area contributed by atoms with Crippen LogP contribution in [0.25, 0.3) is 0 Å². The Morgan fingerprint density at radius 2 is 1.14 bits per heavy atom. The predicted octanol–water partition coefficient (Wildman–Crippen LogP) is 5.27. The molecular weight excluding hydrogens is 472 g/mol. The van der Waals surface area contributed by atoms with Crippen molar-refractivity contribution in [3.63, 3.8) is 0 Å². The standard InChI is InChI=1S/C15H12O4.C15H14O3/c16-10-3-1-9(2-4-10)13-8-19-14-7-11(17)5-6-12(14)15(13)18;16-13-4-1-10(2-5-13)12-7-11-3-6-14(17)8-15(11)18-9-12/h1-7,13,16-17H,8H2;1-6,8,12,16-17H,7,9H2/t;12-/m.1/s1. The van der Waals surface area contributed by atoms with Crippen LogP contribution in [0.15, 0.2) is 84.9 Å². The minimum Gasteiger partial charge on any atom is -0.508 e. The van der Waals surface area contributed by atoms with E-state index < -0.39 is 0 Å². The average molecular weight is 499 g/mol. The summed E-state index contributed by atoms with van der Waals surface area (Å²) < 4.78 is 11.2. The number of aromatic hydroxyl groups is 4. The Labute approximate surface area is 213 Å². The summed E-state index contributed by atoms with van der Waals surface area (Å²) >= 11 is 0. The van der Waals surface area contributed by atoms with Gasteiger partial charge in [0.1, 0.15) is 41.1 Å². The monoisotopic (exact) mass is 498 g/mol. The number of carbonyl (C=O) groups excluding carboxylic acids is 1. The zero-order valence-corrected chi connectivity index (χ0v) is 19.9. The maximum Gasteiger partial charge on any atom is 0.177 e. The Hall–Kier alpha value is -4.65. The molecule has 0 amide bonds. The Morgan fingerprint density at radius 1 is 0.595 bits per heavy atom. The molecule has 0 bridgehead atoms. The first-order valence-electron chi connectivity index (χ1n) is 11.9. The van der Waals surface area contributed by atoms with Gasteiger partial charge in [0.25, 0.3) is 0 Å². The first-order valence-corrected chi connectivity index (χ1v) is 11.9. The van der Waals surface area contributed by atoms with E-state index in [0.717, 1.165) is 28.9 Å². The van der Waals surface area contributed by atoms with Crippen LogP contribution in [0.1, 0.15) is 38.9 Å². The Balaban J connectivity index is 0.000000152. The third-order valence-electron chi connectivity index (χ3n) is 6.57. The second-order valence-electron chi connectivity index (χ2n) is 9.10. The van der Waals surface area contributed by atoms with Gasteiger partial charge in [-0.25, -0.2) is 0 Å². The van der Waals surface area contributed by atoms with Gasteiger partial charge in [-0.1, -0.05) is 30.3 Å². The number of benzene rings is 4. The summed E-state index contributed by atoms with van der Waals surface area (Å²) in [6.45, 7) is 0.835. The van der Waals surface area contributed by atoms with Crippen molar-refractivity contribution in [2.24, 2.45) is 0 Å². The number of carbonyl (C=O) groups is 1. The van der Waals surface area contributed by atoms with Gasteiger partial charge >= 0.3 is 0 Å². The van der Waals surface area contributed by atoms with Gasteiger partial charge in [0.15, 0.2) is 5.78 Å². The molecule has 2 heterocycles. The summed E-state index contributed by atoms with van der Waals surface area (Å²) in [6, 6.07) is 23.5. The van der Waals surface area contributed by atoms with E-state index in [0.29, 0.717) is 23.8 Å². The van der Waals surface area contributed by atoms with Crippen molar-refractivity contribution in [2.75, 3.05) is 13.2 Å². The van der Waals surface area contributed by atoms with Crippen molar-refractivity contribution in [1.82, 2.24) is 0 Å². The van der Waals surface area contributed by atoms with E-state index in [1.165, 1.54) is 12.1 Å². The number of Topliss-reactive ketones (excluding diaryl/α,β-unsaturated/α-hetero) is 1. The van der Waals surface area contributed by atoms with Crippen molar-refractivity contribution in [2.45, 2.75) is 18.3 Å². The van der Waals surface area contributed by atoms with Gasteiger partial charge in [-0.3, -0.25) is 4.79 Å². The minimum absolute atomic E-state index is 0.0352. The van der Waals surface area contributed by atoms with Crippen molar-refractivity contribution < 1.29 is 34.7 Å². The maximum atomic E-state index is 12.4. The SMILES string of the molecule is O=C1c2ccc(O)cc2OCC1c1ccc(O)cc1.Oc1ccc([C@H]2COc3cc(O)ccc3C2)cc1. The van der Waals surface area contributed by atoms with Gasteiger partial charge in [-0.15, -0.1) is 0 Å². The lowest BCUT2D eigenvalue weighted by Gasteiger charge is -2.25. The number of ketones is 1. The van der Waals surface area contributed by atoms with Gasteiger partial charge in [-0.2, -0.15) is 0 Å². The van der Waals surface area contributed by atoms with Crippen LogP contribution in [-0.4, -0.2) is 39.4 Å². The molecule has 7 nitrogen and oxygen atoms in total. The van der Waals surface area contributed by atoms with E-state index in [4.69, 9.17) is 9.47 Å². The average Bonchev–Trinajstić information content (AvgIpc) is 2.90. The number of hydrogen-bond donors (Lipinski definition) is 4. The quantitative estimate of drug-likeness (QED) is 0.297. The summed E-state index contributed by atoms with van der Waals surface area (Å²) in [5, 5.41) is 37.3. The van der Waals surface area contributed by atoms with E-state index in [1.54, 1.807) is 54.6 Å². The predicted molar refractivity (Wildman–Crippen MR) is 137 cm³/mol. The lowest BCUT2D eigenvalue weighted by molar-refractivity contribution is 0.0896. The molecule has 4 aromatic carbocycles. The molecule has 0 saturated carbocycles. The molecule has 0 aromatic heterocycles. The molecule has 2 aliphatic heterocycles. The lowest BCUT2D eigenvalue weighted by Crippen LogP contribution is -2.25.